The lowest BCUT2D eigenvalue weighted by Gasteiger charge is -2.06. The molecule has 4 nitrogen and oxygen atoms in total. The van der Waals surface area contributed by atoms with Gasteiger partial charge in [-0.2, -0.15) is 5.10 Å². The van der Waals surface area contributed by atoms with Gasteiger partial charge in [0, 0.05) is 18.7 Å². The Balaban J connectivity index is 2.08. The van der Waals surface area contributed by atoms with E-state index in [1.54, 1.807) is 0 Å². The highest BCUT2D eigenvalue weighted by atomic mass is 16.1. The summed E-state index contributed by atoms with van der Waals surface area (Å²) >= 11 is 0. The molecule has 0 saturated carbocycles. The highest BCUT2D eigenvalue weighted by Gasteiger charge is 2.03. The van der Waals surface area contributed by atoms with Crippen LogP contribution in [0.15, 0.2) is 6.20 Å². The number of carbonyl (C=O) groups is 1. The average Bonchev–Trinajstić information content (AvgIpc) is 2.68. The number of aromatic nitrogens is 2. The number of H-pyrrole nitrogens is 1. The predicted molar refractivity (Wildman–Crippen MR) is 68.7 cm³/mol. The van der Waals surface area contributed by atoms with Gasteiger partial charge in [0.25, 0.3) is 0 Å². The molecular formula is C13H23N3O. The fourth-order valence-corrected chi connectivity index (χ4v) is 1.64. The molecule has 0 aliphatic heterocycles. The Bertz CT molecular complexity index is 344. The van der Waals surface area contributed by atoms with Gasteiger partial charge in [-0.1, -0.05) is 13.8 Å². The summed E-state index contributed by atoms with van der Waals surface area (Å²) in [6, 6.07) is 0. The van der Waals surface area contributed by atoms with Crippen molar-refractivity contribution in [3.63, 3.8) is 0 Å². The van der Waals surface area contributed by atoms with Crippen molar-refractivity contribution in [2.45, 2.75) is 46.5 Å². The Morgan fingerprint density at radius 2 is 2.29 bits per heavy atom. The largest absolute Gasteiger partial charge is 0.356 e. The van der Waals surface area contributed by atoms with Gasteiger partial charge in [-0.05, 0) is 37.7 Å². The predicted octanol–water partition coefficient (Wildman–Crippen LogP) is 2.20. The molecule has 1 heterocycles. The van der Waals surface area contributed by atoms with Crippen molar-refractivity contribution in [3.05, 3.63) is 17.5 Å². The maximum Gasteiger partial charge on any atom is 0.220 e. The molecule has 0 radical (unpaired) electrons. The van der Waals surface area contributed by atoms with Crippen molar-refractivity contribution >= 4 is 5.91 Å². The first kappa shape index (κ1) is 13.7. The number of amides is 1. The second-order valence-corrected chi connectivity index (χ2v) is 4.91. The summed E-state index contributed by atoms with van der Waals surface area (Å²) in [5.41, 5.74) is 2.36. The maximum atomic E-state index is 11.4. The van der Waals surface area contributed by atoms with Crippen molar-refractivity contribution in [2.75, 3.05) is 6.54 Å². The lowest BCUT2D eigenvalue weighted by atomic mass is 10.1. The van der Waals surface area contributed by atoms with Crippen LogP contribution < -0.4 is 5.32 Å². The molecular weight excluding hydrogens is 214 g/mol. The van der Waals surface area contributed by atoms with Crippen LogP contribution in [0.2, 0.25) is 0 Å². The lowest BCUT2D eigenvalue weighted by Crippen LogP contribution is -2.24. The molecule has 0 spiro atoms. The highest BCUT2D eigenvalue weighted by Crippen LogP contribution is 2.05. The molecule has 1 aromatic heterocycles. The van der Waals surface area contributed by atoms with E-state index in [1.807, 2.05) is 13.1 Å². The standard InChI is InChI=1S/C13H23N3O/c1-10(2)6-7-13(17)14-8-4-5-12-9-15-16-11(12)3/h9-10H,4-8H2,1-3H3,(H,14,17)(H,15,16). The summed E-state index contributed by atoms with van der Waals surface area (Å²) in [6.07, 6.45) is 5.39. The minimum Gasteiger partial charge on any atom is -0.356 e. The van der Waals surface area contributed by atoms with Crippen molar-refractivity contribution in [2.24, 2.45) is 5.92 Å². The van der Waals surface area contributed by atoms with Crippen LogP contribution >= 0.6 is 0 Å². The first-order valence-electron chi connectivity index (χ1n) is 6.35. The quantitative estimate of drug-likeness (QED) is 0.714. The summed E-state index contributed by atoms with van der Waals surface area (Å²) in [5, 5.41) is 9.84. The third-order valence-electron chi connectivity index (χ3n) is 2.83. The fourth-order valence-electron chi connectivity index (χ4n) is 1.64. The molecule has 96 valence electrons. The number of hydrogen-bond acceptors (Lipinski definition) is 2. The number of aryl methyl sites for hydroxylation is 2. The number of rotatable bonds is 7. The van der Waals surface area contributed by atoms with Crippen LogP contribution in [-0.4, -0.2) is 22.6 Å². The van der Waals surface area contributed by atoms with E-state index < -0.39 is 0 Å². The molecule has 4 heteroatoms. The van der Waals surface area contributed by atoms with E-state index >= 15 is 0 Å². The molecule has 1 amide bonds. The average molecular weight is 237 g/mol. The van der Waals surface area contributed by atoms with Crippen LogP contribution in [0.1, 0.15) is 44.4 Å². The van der Waals surface area contributed by atoms with E-state index in [9.17, 15) is 4.79 Å². The first-order chi connectivity index (χ1) is 8.09. The van der Waals surface area contributed by atoms with Gasteiger partial charge in [0.2, 0.25) is 5.91 Å². The topological polar surface area (TPSA) is 57.8 Å². The van der Waals surface area contributed by atoms with Gasteiger partial charge in [0.05, 0.1) is 6.20 Å². The third-order valence-corrected chi connectivity index (χ3v) is 2.83. The van der Waals surface area contributed by atoms with Gasteiger partial charge in [0.1, 0.15) is 0 Å². The van der Waals surface area contributed by atoms with E-state index in [2.05, 4.69) is 29.4 Å². The molecule has 0 fully saturated rings. The molecule has 0 aromatic carbocycles. The van der Waals surface area contributed by atoms with Crippen molar-refractivity contribution in [1.29, 1.82) is 0 Å². The molecule has 0 saturated heterocycles. The van der Waals surface area contributed by atoms with E-state index in [4.69, 9.17) is 0 Å². The minimum atomic E-state index is 0.169. The molecule has 0 aliphatic rings. The Kier molecular flexibility index (Phi) is 5.73. The molecule has 1 rings (SSSR count). The van der Waals surface area contributed by atoms with Gasteiger partial charge in [0.15, 0.2) is 0 Å². The van der Waals surface area contributed by atoms with Gasteiger partial charge in [-0.25, -0.2) is 0 Å². The molecule has 0 atom stereocenters. The zero-order chi connectivity index (χ0) is 12.7. The van der Waals surface area contributed by atoms with Crippen molar-refractivity contribution < 1.29 is 4.79 Å². The summed E-state index contributed by atoms with van der Waals surface area (Å²) < 4.78 is 0. The van der Waals surface area contributed by atoms with Crippen LogP contribution in [0.3, 0.4) is 0 Å². The first-order valence-corrected chi connectivity index (χ1v) is 6.35. The summed E-state index contributed by atoms with van der Waals surface area (Å²) in [7, 11) is 0. The number of aromatic amines is 1. The van der Waals surface area contributed by atoms with Crippen LogP contribution in [0.4, 0.5) is 0 Å². The maximum absolute atomic E-state index is 11.4. The zero-order valence-electron chi connectivity index (χ0n) is 11.0. The van der Waals surface area contributed by atoms with Gasteiger partial charge >= 0.3 is 0 Å². The Morgan fingerprint density at radius 1 is 1.53 bits per heavy atom. The SMILES string of the molecule is Cc1[nH]ncc1CCCNC(=O)CCC(C)C. The summed E-state index contributed by atoms with van der Waals surface area (Å²) in [4.78, 5) is 11.4. The van der Waals surface area contributed by atoms with E-state index in [1.165, 1.54) is 5.56 Å². The zero-order valence-corrected chi connectivity index (χ0v) is 11.0. The molecule has 1 aromatic rings. The number of nitrogens with one attached hydrogen (secondary N) is 2. The summed E-state index contributed by atoms with van der Waals surface area (Å²) in [5.74, 6) is 0.761. The fraction of sp³-hybridized carbons (Fsp3) is 0.692. The van der Waals surface area contributed by atoms with Crippen LogP contribution in [-0.2, 0) is 11.2 Å². The van der Waals surface area contributed by atoms with E-state index in [0.29, 0.717) is 12.3 Å². The second kappa shape index (κ2) is 7.09. The normalized spacial score (nSPS) is 10.8. The van der Waals surface area contributed by atoms with Gasteiger partial charge in [-0.15, -0.1) is 0 Å². The van der Waals surface area contributed by atoms with Crippen molar-refractivity contribution in [1.82, 2.24) is 15.5 Å². The molecule has 2 N–H and O–H groups in total. The van der Waals surface area contributed by atoms with E-state index in [0.717, 1.165) is 31.5 Å². The molecule has 0 aliphatic carbocycles. The van der Waals surface area contributed by atoms with E-state index in [-0.39, 0.29) is 5.91 Å². The Hall–Kier alpha value is -1.32. The van der Waals surface area contributed by atoms with Gasteiger partial charge in [-0.3, -0.25) is 9.89 Å². The summed E-state index contributed by atoms with van der Waals surface area (Å²) in [6.45, 7) is 7.04. The molecule has 0 bridgehead atoms. The molecule has 0 unspecified atom stereocenters. The third kappa shape index (κ3) is 5.52. The Labute approximate surface area is 103 Å². The number of carbonyl (C=O) groups excluding carboxylic acids is 1. The van der Waals surface area contributed by atoms with Crippen LogP contribution in [0.5, 0.6) is 0 Å². The lowest BCUT2D eigenvalue weighted by molar-refractivity contribution is -0.121. The minimum absolute atomic E-state index is 0.169. The van der Waals surface area contributed by atoms with Crippen LogP contribution in [0, 0.1) is 12.8 Å². The monoisotopic (exact) mass is 237 g/mol. The van der Waals surface area contributed by atoms with Gasteiger partial charge < -0.3 is 5.32 Å². The molecule has 17 heavy (non-hydrogen) atoms. The second-order valence-electron chi connectivity index (χ2n) is 4.91. The number of hydrogen-bond donors (Lipinski definition) is 2. The highest BCUT2D eigenvalue weighted by molar-refractivity contribution is 5.75. The van der Waals surface area contributed by atoms with Crippen molar-refractivity contribution in [3.8, 4) is 0 Å². The smallest absolute Gasteiger partial charge is 0.220 e. The Morgan fingerprint density at radius 3 is 2.88 bits per heavy atom. The number of nitrogens with zero attached hydrogens (tertiary/aromatic N) is 1. The van der Waals surface area contributed by atoms with Crippen LogP contribution in [0.25, 0.3) is 0 Å².